The van der Waals surface area contributed by atoms with Gasteiger partial charge in [0.15, 0.2) is 5.78 Å². The van der Waals surface area contributed by atoms with Gasteiger partial charge in [0.1, 0.15) is 11.2 Å². The Hall–Kier alpha value is -1.45. The number of hydrogen-bond donors (Lipinski definition) is 1. The third-order valence-electron chi connectivity index (χ3n) is 9.02. The van der Waals surface area contributed by atoms with Gasteiger partial charge in [-0.2, -0.15) is 35.1 Å². The number of halogens is 8. The van der Waals surface area contributed by atoms with E-state index in [1.165, 1.54) is 13.0 Å². The fourth-order valence-corrected chi connectivity index (χ4v) is 7.42. The lowest BCUT2D eigenvalue weighted by Gasteiger charge is -2.59. The quantitative estimate of drug-likeness (QED) is 0.465. The van der Waals surface area contributed by atoms with Crippen LogP contribution in [-0.2, 0) is 4.79 Å². The molecule has 32 heavy (non-hydrogen) atoms. The number of aliphatic hydroxyl groups is 1. The third kappa shape index (κ3) is 2.76. The first kappa shape index (κ1) is 23.7. The topological polar surface area (TPSA) is 37.3 Å². The minimum Gasteiger partial charge on any atom is -0.383 e. The fourth-order valence-electron chi connectivity index (χ4n) is 7.42. The molecule has 180 valence electrons. The van der Waals surface area contributed by atoms with Gasteiger partial charge in [0, 0.05) is 10.8 Å². The molecule has 4 aliphatic rings. The van der Waals surface area contributed by atoms with Crippen LogP contribution in [-0.4, -0.2) is 34.8 Å². The van der Waals surface area contributed by atoms with Crippen molar-refractivity contribution in [3.05, 3.63) is 23.3 Å². The molecular formula is C22H24F8O2. The van der Waals surface area contributed by atoms with Crippen LogP contribution in [0.25, 0.3) is 0 Å². The number of hydrogen-bond acceptors (Lipinski definition) is 2. The Morgan fingerprint density at radius 3 is 2.09 bits per heavy atom. The van der Waals surface area contributed by atoms with Crippen molar-refractivity contribution in [1.82, 2.24) is 0 Å². The number of ketones is 1. The van der Waals surface area contributed by atoms with E-state index in [0.717, 1.165) is 6.08 Å². The Kier molecular flexibility index (Phi) is 4.87. The second kappa shape index (κ2) is 6.57. The molecular weight excluding hydrogens is 448 g/mol. The molecule has 3 saturated carbocycles. The molecule has 0 amide bonds. The maximum atomic E-state index is 14.5. The van der Waals surface area contributed by atoms with Crippen LogP contribution in [0.1, 0.15) is 52.4 Å². The molecule has 4 rings (SSSR count). The van der Waals surface area contributed by atoms with Crippen molar-refractivity contribution < 1.29 is 45.0 Å². The highest BCUT2D eigenvalue weighted by Crippen LogP contribution is 2.70. The smallest absolute Gasteiger partial charge is 0.383 e. The van der Waals surface area contributed by atoms with Gasteiger partial charge in [0.25, 0.3) is 0 Å². The largest absolute Gasteiger partial charge is 0.456 e. The molecule has 0 aromatic heterocycles. The van der Waals surface area contributed by atoms with Gasteiger partial charge < -0.3 is 5.11 Å². The number of fused-ring (bicyclic) bond motifs is 5. The Morgan fingerprint density at radius 2 is 1.53 bits per heavy atom. The number of carbonyl (C=O) groups excluding carboxylic acids is 1. The molecule has 0 aromatic rings. The van der Waals surface area contributed by atoms with Gasteiger partial charge in [-0.3, -0.25) is 4.79 Å². The third-order valence-corrected chi connectivity index (χ3v) is 9.02. The highest BCUT2D eigenvalue weighted by Gasteiger charge is 2.79. The summed E-state index contributed by atoms with van der Waals surface area (Å²) in [6.07, 6.45) is -9.26. The standard InChI is InChI=1S/C22H24F8O2/c1-17-8-7-15(31)16(20(23,24)25)14(17)4-3-11-12(17)5-9-18(2)13(11)6-10-19(18,32)21(26,27)22(28,29)30/h7-8,11-13,32H,3-6,9-10H2,1-2H3/t11-,12+,13+,17-,18+,19+/m1/s1. The average molecular weight is 472 g/mol. The summed E-state index contributed by atoms with van der Waals surface area (Å²) in [6.45, 7) is 2.84. The number of carbonyl (C=O) groups is 1. The highest BCUT2D eigenvalue weighted by atomic mass is 19.4. The van der Waals surface area contributed by atoms with Gasteiger partial charge in [-0.05, 0) is 67.9 Å². The molecule has 0 aliphatic heterocycles. The van der Waals surface area contributed by atoms with Crippen LogP contribution in [0.3, 0.4) is 0 Å². The van der Waals surface area contributed by atoms with Crippen molar-refractivity contribution in [2.75, 3.05) is 0 Å². The van der Waals surface area contributed by atoms with E-state index in [9.17, 15) is 45.0 Å². The molecule has 6 atom stereocenters. The van der Waals surface area contributed by atoms with Crippen LogP contribution in [0.5, 0.6) is 0 Å². The summed E-state index contributed by atoms with van der Waals surface area (Å²) < 4.78 is 109. The molecule has 3 fully saturated rings. The zero-order valence-corrected chi connectivity index (χ0v) is 17.5. The molecule has 10 heteroatoms. The lowest BCUT2D eigenvalue weighted by Crippen LogP contribution is -2.65. The fraction of sp³-hybridized carbons (Fsp3) is 0.773. The average Bonchev–Trinajstić information content (AvgIpc) is 2.93. The predicted octanol–water partition coefficient (Wildman–Crippen LogP) is 6.16. The van der Waals surface area contributed by atoms with Crippen LogP contribution in [0, 0.1) is 28.6 Å². The monoisotopic (exact) mass is 472 g/mol. The zero-order valence-electron chi connectivity index (χ0n) is 17.5. The van der Waals surface area contributed by atoms with Gasteiger partial charge in [0.2, 0.25) is 0 Å². The second-order valence-electron chi connectivity index (χ2n) is 10.2. The lowest BCUT2D eigenvalue weighted by atomic mass is 9.46. The van der Waals surface area contributed by atoms with Gasteiger partial charge in [0.05, 0.1) is 0 Å². The minimum atomic E-state index is -5.92. The first-order chi connectivity index (χ1) is 14.4. The summed E-state index contributed by atoms with van der Waals surface area (Å²) in [5.74, 6) is -8.01. The van der Waals surface area contributed by atoms with Gasteiger partial charge in [-0.25, -0.2) is 0 Å². The Labute approximate surface area is 179 Å². The van der Waals surface area contributed by atoms with Crippen molar-refractivity contribution in [3.63, 3.8) is 0 Å². The van der Waals surface area contributed by atoms with Crippen LogP contribution in [0.15, 0.2) is 23.3 Å². The van der Waals surface area contributed by atoms with E-state index in [2.05, 4.69) is 0 Å². The van der Waals surface area contributed by atoms with Gasteiger partial charge in [-0.15, -0.1) is 0 Å². The molecule has 0 radical (unpaired) electrons. The Morgan fingerprint density at radius 1 is 0.938 bits per heavy atom. The van der Waals surface area contributed by atoms with E-state index in [-0.39, 0.29) is 37.7 Å². The second-order valence-corrected chi connectivity index (χ2v) is 10.2. The van der Waals surface area contributed by atoms with Crippen molar-refractivity contribution in [2.45, 2.75) is 76.2 Å². The van der Waals surface area contributed by atoms with Crippen LogP contribution in [0.2, 0.25) is 0 Å². The summed E-state index contributed by atoms with van der Waals surface area (Å²) in [4.78, 5) is 12.0. The Bertz CT molecular complexity index is 901. The molecule has 0 aromatic carbocycles. The van der Waals surface area contributed by atoms with Crippen molar-refractivity contribution in [2.24, 2.45) is 28.6 Å². The Balaban J connectivity index is 1.75. The van der Waals surface area contributed by atoms with Crippen LogP contribution in [0.4, 0.5) is 35.1 Å². The van der Waals surface area contributed by atoms with Crippen molar-refractivity contribution in [3.8, 4) is 0 Å². The van der Waals surface area contributed by atoms with Crippen molar-refractivity contribution >= 4 is 5.78 Å². The summed E-state index contributed by atoms with van der Waals surface area (Å²) in [5, 5.41) is 10.8. The molecule has 4 aliphatic carbocycles. The van der Waals surface area contributed by atoms with Crippen molar-refractivity contribution in [1.29, 1.82) is 0 Å². The van der Waals surface area contributed by atoms with E-state index in [0.29, 0.717) is 0 Å². The maximum absolute atomic E-state index is 14.5. The van der Waals surface area contributed by atoms with Gasteiger partial charge in [-0.1, -0.05) is 19.9 Å². The molecule has 0 spiro atoms. The van der Waals surface area contributed by atoms with Gasteiger partial charge >= 0.3 is 18.3 Å². The number of rotatable bonds is 1. The molecule has 2 nitrogen and oxygen atoms in total. The minimum absolute atomic E-state index is 0.0313. The first-order valence-corrected chi connectivity index (χ1v) is 10.6. The highest BCUT2D eigenvalue weighted by molar-refractivity contribution is 6.07. The van der Waals surface area contributed by atoms with E-state index in [4.69, 9.17) is 0 Å². The maximum Gasteiger partial charge on any atom is 0.456 e. The molecule has 0 bridgehead atoms. The number of alkyl halides is 8. The van der Waals surface area contributed by atoms with E-state index in [1.807, 2.05) is 0 Å². The molecule has 0 heterocycles. The van der Waals surface area contributed by atoms with Crippen LogP contribution >= 0.6 is 0 Å². The van der Waals surface area contributed by atoms with Crippen LogP contribution < -0.4 is 0 Å². The summed E-state index contributed by atoms with van der Waals surface area (Å²) in [7, 11) is 0. The zero-order chi connectivity index (χ0) is 24.1. The summed E-state index contributed by atoms with van der Waals surface area (Å²) in [5.41, 5.74) is -7.38. The van der Waals surface area contributed by atoms with E-state index in [1.54, 1.807) is 6.92 Å². The lowest BCUT2D eigenvalue weighted by molar-refractivity contribution is -0.363. The normalized spacial score (nSPS) is 42.6. The summed E-state index contributed by atoms with van der Waals surface area (Å²) in [6, 6.07) is 0. The molecule has 0 saturated heterocycles. The van der Waals surface area contributed by atoms with E-state index < -0.39 is 70.2 Å². The molecule has 1 N–H and O–H groups in total. The number of allylic oxidation sites excluding steroid dienone is 4. The first-order valence-electron chi connectivity index (χ1n) is 10.6. The molecule has 0 unspecified atom stereocenters. The van der Waals surface area contributed by atoms with E-state index >= 15 is 0 Å². The summed E-state index contributed by atoms with van der Waals surface area (Å²) >= 11 is 0. The SMILES string of the molecule is C[C@]12C=CC(=O)C(C(F)(F)F)=C1CC[C@@H]1[C@@H]2CC[C@@]2(C)[C@H]1CC[C@@]2(O)C(F)(F)C(F)(F)F. The predicted molar refractivity (Wildman–Crippen MR) is 97.6 cm³/mol.